The second kappa shape index (κ2) is 7.44. The predicted molar refractivity (Wildman–Crippen MR) is 92.1 cm³/mol. The fourth-order valence-electron chi connectivity index (χ4n) is 2.53. The summed E-state index contributed by atoms with van der Waals surface area (Å²) in [4.78, 5) is 24.1. The zero-order valence-electron chi connectivity index (χ0n) is 12.6. The average molecular weight is 326 g/mol. The minimum atomic E-state index is -0.255. The minimum Gasteiger partial charge on any atom is -0.332 e. The molecule has 1 amide bonds. The molecule has 1 heterocycles. The zero-order chi connectivity index (χ0) is 16.1. The molecule has 0 radical (unpaired) electrons. The van der Waals surface area contributed by atoms with E-state index in [1.165, 1.54) is 11.8 Å². The lowest BCUT2D eigenvalue weighted by Gasteiger charge is -2.31. The summed E-state index contributed by atoms with van der Waals surface area (Å²) in [6, 6.07) is 19.1. The van der Waals surface area contributed by atoms with Crippen LogP contribution in [0.15, 0.2) is 60.7 Å². The molecule has 1 aliphatic heterocycles. The van der Waals surface area contributed by atoms with Gasteiger partial charge in [0.1, 0.15) is 5.50 Å². The van der Waals surface area contributed by atoms with Gasteiger partial charge in [-0.05, 0) is 5.56 Å². The Balaban J connectivity index is 1.59. The van der Waals surface area contributed by atoms with Crippen molar-refractivity contribution < 1.29 is 9.59 Å². The number of ketones is 1. The first-order chi connectivity index (χ1) is 11.2. The molecule has 2 aromatic rings. The van der Waals surface area contributed by atoms with Crippen LogP contribution in [0.25, 0.3) is 0 Å². The Morgan fingerprint density at radius 3 is 2.39 bits per heavy atom. The minimum absolute atomic E-state index is 0.00210. The summed E-state index contributed by atoms with van der Waals surface area (Å²) in [6.07, 6.45) is 0.410. The molecule has 0 bridgehead atoms. The number of carbonyl (C=O) groups is 2. The lowest BCUT2D eigenvalue weighted by molar-refractivity contribution is -0.123. The third-order valence-corrected chi connectivity index (χ3v) is 4.73. The third kappa shape index (κ3) is 4.21. The van der Waals surface area contributed by atoms with Crippen LogP contribution in [0.3, 0.4) is 0 Å². The Morgan fingerprint density at radius 2 is 1.70 bits per heavy atom. The van der Waals surface area contributed by atoms with Crippen LogP contribution >= 0.6 is 11.8 Å². The van der Waals surface area contributed by atoms with Gasteiger partial charge in [0.15, 0.2) is 5.78 Å². The summed E-state index contributed by atoms with van der Waals surface area (Å²) in [7, 11) is 0. The summed E-state index contributed by atoms with van der Waals surface area (Å²) in [5.41, 5.74) is 1.53. The molecule has 2 aromatic carbocycles. The van der Waals surface area contributed by atoms with E-state index in [4.69, 9.17) is 0 Å². The van der Waals surface area contributed by atoms with Crippen LogP contribution in [0.4, 0.5) is 0 Å². The van der Waals surface area contributed by atoms with Crippen LogP contribution in [0.2, 0.25) is 0 Å². The first-order valence-corrected chi connectivity index (χ1v) is 8.57. The number of Topliss-reactive ketones (excluding diaryl/α,β-unsaturated/α-hetero) is 1. The van der Waals surface area contributed by atoms with Gasteiger partial charge in [0, 0.05) is 18.0 Å². The molecule has 118 valence electrons. The molecule has 0 aliphatic carbocycles. The van der Waals surface area contributed by atoms with Gasteiger partial charge in [-0.1, -0.05) is 60.7 Å². The van der Waals surface area contributed by atoms with Gasteiger partial charge in [-0.15, -0.1) is 11.8 Å². The molecular weight excluding hydrogens is 308 g/mol. The molecular formula is C18H18N2O2S. The highest BCUT2D eigenvalue weighted by molar-refractivity contribution is 8.00. The molecule has 1 aliphatic rings. The maximum absolute atomic E-state index is 12.2. The first kappa shape index (κ1) is 15.8. The molecule has 0 aromatic heterocycles. The molecule has 23 heavy (non-hydrogen) atoms. The summed E-state index contributed by atoms with van der Waals surface area (Å²) >= 11 is 1.41. The molecule has 2 N–H and O–H groups in total. The van der Waals surface area contributed by atoms with Gasteiger partial charge in [-0.25, -0.2) is 0 Å². The van der Waals surface area contributed by atoms with Crippen molar-refractivity contribution in [2.45, 2.75) is 18.0 Å². The topological polar surface area (TPSA) is 58.2 Å². The number of thioether (sulfide) groups is 1. The van der Waals surface area contributed by atoms with Crippen LogP contribution < -0.4 is 10.6 Å². The summed E-state index contributed by atoms with van der Waals surface area (Å²) < 4.78 is 0. The highest BCUT2D eigenvalue weighted by Gasteiger charge is 2.27. The maximum atomic E-state index is 12.2. The van der Waals surface area contributed by atoms with E-state index in [0.717, 1.165) is 5.56 Å². The van der Waals surface area contributed by atoms with Crippen LogP contribution in [-0.2, 0) is 4.79 Å². The van der Waals surface area contributed by atoms with Crippen molar-refractivity contribution in [3.63, 3.8) is 0 Å². The number of rotatable bonds is 5. The maximum Gasteiger partial charge on any atom is 0.223 e. The van der Waals surface area contributed by atoms with Crippen LogP contribution in [-0.4, -0.2) is 22.9 Å². The SMILES string of the molecule is O=C1CC(c2ccccc2)NC(SCC(=O)c2ccccc2)N1. The van der Waals surface area contributed by atoms with Gasteiger partial charge in [-0.3, -0.25) is 14.9 Å². The molecule has 4 nitrogen and oxygen atoms in total. The van der Waals surface area contributed by atoms with Gasteiger partial charge in [0.25, 0.3) is 0 Å². The summed E-state index contributed by atoms with van der Waals surface area (Å²) in [5, 5.41) is 6.27. The lowest BCUT2D eigenvalue weighted by atomic mass is 10.0. The van der Waals surface area contributed by atoms with Crippen molar-refractivity contribution in [2.24, 2.45) is 0 Å². The molecule has 3 rings (SSSR count). The smallest absolute Gasteiger partial charge is 0.223 e. The Kier molecular flexibility index (Phi) is 5.10. The van der Waals surface area contributed by atoms with Crippen molar-refractivity contribution in [2.75, 3.05) is 5.75 Å². The van der Waals surface area contributed by atoms with Gasteiger partial charge >= 0.3 is 0 Å². The highest BCUT2D eigenvalue weighted by Crippen LogP contribution is 2.23. The number of nitrogens with one attached hydrogen (secondary N) is 2. The van der Waals surface area contributed by atoms with E-state index in [0.29, 0.717) is 17.7 Å². The second-order valence-corrected chi connectivity index (χ2v) is 6.48. The van der Waals surface area contributed by atoms with Gasteiger partial charge in [0.05, 0.1) is 5.75 Å². The van der Waals surface area contributed by atoms with Crippen molar-refractivity contribution in [1.82, 2.24) is 10.6 Å². The molecule has 5 heteroatoms. The van der Waals surface area contributed by atoms with E-state index >= 15 is 0 Å². The Hall–Kier alpha value is -2.11. The Bertz CT molecular complexity index is 676. The highest BCUT2D eigenvalue weighted by atomic mass is 32.2. The van der Waals surface area contributed by atoms with Crippen molar-refractivity contribution >= 4 is 23.5 Å². The van der Waals surface area contributed by atoms with E-state index in [1.54, 1.807) is 0 Å². The van der Waals surface area contributed by atoms with Gasteiger partial charge < -0.3 is 5.32 Å². The number of hydrogen-bond donors (Lipinski definition) is 2. The van der Waals surface area contributed by atoms with E-state index in [1.807, 2.05) is 60.7 Å². The van der Waals surface area contributed by atoms with E-state index in [9.17, 15) is 9.59 Å². The van der Waals surface area contributed by atoms with Crippen molar-refractivity contribution in [3.8, 4) is 0 Å². The largest absolute Gasteiger partial charge is 0.332 e. The average Bonchev–Trinajstić information content (AvgIpc) is 2.61. The lowest BCUT2D eigenvalue weighted by Crippen LogP contribution is -2.51. The first-order valence-electron chi connectivity index (χ1n) is 7.52. The standard InChI is InChI=1S/C18H18N2O2S/c21-16(14-9-5-2-6-10-14)12-23-18-19-15(11-17(22)20-18)13-7-3-1-4-8-13/h1-10,15,18-19H,11-12H2,(H,20,22). The Labute approximate surface area is 139 Å². The molecule has 2 atom stereocenters. The van der Waals surface area contributed by atoms with Crippen LogP contribution in [0.5, 0.6) is 0 Å². The fraction of sp³-hybridized carbons (Fsp3) is 0.222. The Morgan fingerprint density at radius 1 is 1.04 bits per heavy atom. The van der Waals surface area contributed by atoms with Crippen molar-refractivity contribution in [3.05, 3.63) is 71.8 Å². The molecule has 0 spiro atoms. The number of benzene rings is 2. The summed E-state index contributed by atoms with van der Waals surface area (Å²) in [5.74, 6) is 0.388. The molecule has 2 unspecified atom stereocenters. The monoisotopic (exact) mass is 326 g/mol. The number of amides is 1. The molecule has 1 fully saturated rings. The van der Waals surface area contributed by atoms with Gasteiger partial charge in [-0.2, -0.15) is 0 Å². The van der Waals surface area contributed by atoms with E-state index in [-0.39, 0.29) is 23.2 Å². The normalized spacial score (nSPS) is 20.8. The number of hydrogen-bond acceptors (Lipinski definition) is 4. The van der Waals surface area contributed by atoms with E-state index < -0.39 is 0 Å². The fourth-order valence-corrected chi connectivity index (χ4v) is 3.49. The van der Waals surface area contributed by atoms with Crippen molar-refractivity contribution in [1.29, 1.82) is 0 Å². The molecule has 1 saturated heterocycles. The third-order valence-electron chi connectivity index (χ3n) is 3.71. The zero-order valence-corrected chi connectivity index (χ0v) is 13.4. The van der Waals surface area contributed by atoms with Crippen LogP contribution in [0, 0.1) is 0 Å². The predicted octanol–water partition coefficient (Wildman–Crippen LogP) is 2.74. The molecule has 0 saturated carbocycles. The van der Waals surface area contributed by atoms with Gasteiger partial charge in [0.2, 0.25) is 5.91 Å². The quantitative estimate of drug-likeness (QED) is 0.830. The summed E-state index contributed by atoms with van der Waals surface area (Å²) in [6.45, 7) is 0. The second-order valence-electron chi connectivity index (χ2n) is 5.38. The van der Waals surface area contributed by atoms with Crippen LogP contribution in [0.1, 0.15) is 28.4 Å². The number of carbonyl (C=O) groups excluding carboxylic acids is 2. The van der Waals surface area contributed by atoms with E-state index in [2.05, 4.69) is 10.6 Å².